The zero-order chi connectivity index (χ0) is 30.9. The summed E-state index contributed by atoms with van der Waals surface area (Å²) in [5.41, 5.74) is 2.45. The highest BCUT2D eigenvalue weighted by molar-refractivity contribution is 6.31. The van der Waals surface area contributed by atoms with Gasteiger partial charge in [0.15, 0.2) is 0 Å². The van der Waals surface area contributed by atoms with Gasteiger partial charge in [0.2, 0.25) is 0 Å². The molecule has 3 atom stereocenters. The quantitative estimate of drug-likeness (QED) is 0.301. The van der Waals surface area contributed by atoms with Gasteiger partial charge in [-0.2, -0.15) is 18.3 Å². The molecule has 1 aromatic carbocycles. The van der Waals surface area contributed by atoms with Crippen LogP contribution in [0.5, 0.6) is 0 Å². The van der Waals surface area contributed by atoms with E-state index in [-0.39, 0.29) is 27.8 Å². The number of alkyl halides is 3. The lowest BCUT2D eigenvalue weighted by Gasteiger charge is -2.25. The summed E-state index contributed by atoms with van der Waals surface area (Å²) in [5, 5.41) is 20.4. The molecule has 1 amide bonds. The van der Waals surface area contributed by atoms with Crippen LogP contribution < -0.4 is 16.2 Å². The van der Waals surface area contributed by atoms with Gasteiger partial charge in [-0.1, -0.05) is 24.9 Å². The number of hydrogen-bond donors (Lipinski definition) is 3. The Kier molecular flexibility index (Phi) is 8.56. The number of hydrogen-bond acceptors (Lipinski definition) is 7. The van der Waals surface area contributed by atoms with E-state index < -0.39 is 36.5 Å². The van der Waals surface area contributed by atoms with Crippen molar-refractivity contribution < 1.29 is 23.1 Å². The van der Waals surface area contributed by atoms with Crippen LogP contribution in [0.4, 0.5) is 18.9 Å². The van der Waals surface area contributed by atoms with Gasteiger partial charge in [0, 0.05) is 46.9 Å². The summed E-state index contributed by atoms with van der Waals surface area (Å²) in [5.74, 6) is -1.09. The maximum absolute atomic E-state index is 13.6. The Labute approximate surface area is 249 Å². The first-order valence-electron chi connectivity index (χ1n) is 13.6. The molecule has 1 aliphatic rings. The van der Waals surface area contributed by atoms with E-state index in [1.54, 1.807) is 24.1 Å². The number of aliphatic hydroxyl groups is 1. The molecule has 4 aromatic rings. The van der Waals surface area contributed by atoms with Crippen LogP contribution >= 0.6 is 11.6 Å². The third kappa shape index (κ3) is 6.73. The van der Waals surface area contributed by atoms with E-state index in [1.165, 1.54) is 35.2 Å². The predicted octanol–water partition coefficient (Wildman–Crippen LogP) is 4.79. The highest BCUT2D eigenvalue weighted by Gasteiger charge is 2.29. The fraction of sp³-hybridized carbons (Fsp3) is 0.345. The third-order valence-corrected chi connectivity index (χ3v) is 7.67. The fourth-order valence-corrected chi connectivity index (χ4v) is 5.35. The van der Waals surface area contributed by atoms with Gasteiger partial charge < -0.3 is 15.7 Å². The number of carbonyl (C=O) groups is 1. The van der Waals surface area contributed by atoms with Crippen molar-refractivity contribution in [2.45, 2.75) is 44.6 Å². The van der Waals surface area contributed by atoms with Crippen molar-refractivity contribution in [3.63, 3.8) is 0 Å². The summed E-state index contributed by atoms with van der Waals surface area (Å²) >= 11 is 6.14. The average molecular weight is 616 g/mol. The van der Waals surface area contributed by atoms with E-state index in [0.29, 0.717) is 30.6 Å². The Morgan fingerprint density at radius 2 is 1.98 bits per heavy atom. The minimum absolute atomic E-state index is 0.0816. The summed E-state index contributed by atoms with van der Waals surface area (Å²) in [6.45, 7) is 0.421. The Morgan fingerprint density at radius 1 is 1.19 bits per heavy atom. The summed E-state index contributed by atoms with van der Waals surface area (Å²) in [6, 6.07) is 8.43. The lowest BCUT2D eigenvalue weighted by Crippen LogP contribution is -2.34. The summed E-state index contributed by atoms with van der Waals surface area (Å²) in [4.78, 5) is 35.2. The molecule has 5 rings (SSSR count). The van der Waals surface area contributed by atoms with E-state index in [4.69, 9.17) is 11.6 Å². The van der Waals surface area contributed by atoms with Crippen LogP contribution in [-0.2, 0) is 7.05 Å². The van der Waals surface area contributed by atoms with Crippen LogP contribution in [0, 0.1) is 5.92 Å². The van der Waals surface area contributed by atoms with Crippen LogP contribution in [0.25, 0.3) is 22.5 Å². The van der Waals surface area contributed by atoms with Crippen LogP contribution in [0.1, 0.15) is 48.3 Å². The molecule has 226 valence electrons. The van der Waals surface area contributed by atoms with Gasteiger partial charge in [-0.25, -0.2) is 4.98 Å². The van der Waals surface area contributed by atoms with Crippen molar-refractivity contribution in [2.24, 2.45) is 13.0 Å². The number of carbonyl (C=O) groups excluding carboxylic acids is 1. The number of halogens is 4. The van der Waals surface area contributed by atoms with E-state index in [9.17, 15) is 27.9 Å². The topological polar surface area (TPSA) is 127 Å². The molecular weight excluding hydrogens is 587 g/mol. The number of amides is 1. The standard InChI is InChI=1S/C29H29ClF3N7O3/c1-16-4-3-5-24(22-10-17(8-9-34-22)26-23(38-27(16)42)13-37-39(26)2)40-15-36-21(12-25(40)41)20-11-18(30)6-7-19(20)28(43)35-14-29(31,32)33/h6-13,15-16,24,27,38,42H,3-5,14H2,1-2H3,(H,35,43)/t16-,24+,27?/m1/s1. The van der Waals surface area contributed by atoms with Crippen molar-refractivity contribution in [3.05, 3.63) is 81.8 Å². The molecule has 2 bridgehead atoms. The molecule has 0 aliphatic carbocycles. The number of benzene rings is 1. The van der Waals surface area contributed by atoms with Gasteiger partial charge in [0.1, 0.15) is 12.8 Å². The first-order chi connectivity index (χ1) is 20.4. The number of aryl methyl sites for hydroxylation is 1. The van der Waals surface area contributed by atoms with Crippen LogP contribution in [0.3, 0.4) is 0 Å². The van der Waals surface area contributed by atoms with Crippen molar-refractivity contribution in [1.82, 2.24) is 29.6 Å². The van der Waals surface area contributed by atoms with Gasteiger partial charge >= 0.3 is 6.18 Å². The van der Waals surface area contributed by atoms with Crippen molar-refractivity contribution >= 4 is 23.2 Å². The zero-order valence-electron chi connectivity index (χ0n) is 23.3. The second kappa shape index (κ2) is 12.2. The Balaban J connectivity index is 1.54. The SMILES string of the molecule is C[C@@H]1CCC[C@H](n2cnc(-c3cc(Cl)ccc3C(=O)NCC(F)(F)F)cc2=O)c2cc(ccn2)-c2c(cnn2C)NC1O. The molecule has 3 N–H and O–H groups in total. The predicted molar refractivity (Wildman–Crippen MR) is 155 cm³/mol. The summed E-state index contributed by atoms with van der Waals surface area (Å²) < 4.78 is 41.3. The average Bonchev–Trinajstić information content (AvgIpc) is 3.32. The third-order valence-electron chi connectivity index (χ3n) is 7.44. The van der Waals surface area contributed by atoms with E-state index >= 15 is 0 Å². The fourth-order valence-electron chi connectivity index (χ4n) is 5.18. The smallest absolute Gasteiger partial charge is 0.374 e. The van der Waals surface area contributed by atoms with Crippen molar-refractivity contribution in [3.8, 4) is 22.5 Å². The molecule has 1 unspecified atom stereocenters. The van der Waals surface area contributed by atoms with Gasteiger partial charge in [0.05, 0.1) is 41.3 Å². The highest BCUT2D eigenvalue weighted by Crippen LogP contribution is 2.33. The molecule has 0 spiro atoms. The largest absolute Gasteiger partial charge is 0.405 e. The lowest BCUT2D eigenvalue weighted by molar-refractivity contribution is -0.123. The second-order valence-corrected chi connectivity index (χ2v) is 11.0. The Hall–Kier alpha value is -4.23. The van der Waals surface area contributed by atoms with Crippen molar-refractivity contribution in [1.29, 1.82) is 0 Å². The first kappa shape index (κ1) is 30.2. The van der Waals surface area contributed by atoms with Gasteiger partial charge in [-0.05, 0) is 43.2 Å². The minimum Gasteiger partial charge on any atom is -0.374 e. The summed E-state index contributed by atoms with van der Waals surface area (Å²) in [7, 11) is 1.79. The maximum Gasteiger partial charge on any atom is 0.405 e. The molecule has 1 aliphatic heterocycles. The Bertz CT molecular complexity index is 1710. The maximum atomic E-state index is 13.6. The molecule has 0 radical (unpaired) electrons. The number of aliphatic hydroxyl groups excluding tert-OH is 1. The van der Waals surface area contributed by atoms with Crippen LogP contribution in [0.2, 0.25) is 5.02 Å². The van der Waals surface area contributed by atoms with Crippen LogP contribution in [-0.4, -0.2) is 54.3 Å². The normalized spacial score (nSPS) is 19.0. The molecule has 0 fully saturated rings. The highest BCUT2D eigenvalue weighted by atomic mass is 35.5. The molecule has 0 saturated carbocycles. The number of pyridine rings is 1. The van der Waals surface area contributed by atoms with E-state index in [0.717, 1.165) is 11.3 Å². The lowest BCUT2D eigenvalue weighted by atomic mass is 9.96. The minimum atomic E-state index is -4.59. The summed E-state index contributed by atoms with van der Waals surface area (Å²) in [6.07, 6.45) is 1.04. The molecule has 10 nitrogen and oxygen atoms in total. The zero-order valence-corrected chi connectivity index (χ0v) is 24.0. The van der Waals surface area contributed by atoms with Crippen molar-refractivity contribution in [2.75, 3.05) is 11.9 Å². The molecule has 4 heterocycles. The molecule has 3 aromatic heterocycles. The van der Waals surface area contributed by atoms with Gasteiger partial charge in [-0.3, -0.25) is 23.8 Å². The molecule has 0 saturated heterocycles. The Morgan fingerprint density at radius 3 is 2.72 bits per heavy atom. The first-order valence-corrected chi connectivity index (χ1v) is 13.9. The van der Waals surface area contributed by atoms with Crippen LogP contribution in [0.15, 0.2) is 59.9 Å². The number of rotatable bonds is 4. The number of fused-ring (bicyclic) bond motifs is 4. The number of nitrogens with one attached hydrogen (secondary N) is 2. The second-order valence-electron chi connectivity index (χ2n) is 10.5. The number of nitrogens with zero attached hydrogens (tertiary/aromatic N) is 5. The monoisotopic (exact) mass is 615 g/mol. The number of anilines is 1. The molecular formula is C29H29ClF3N7O3. The molecule has 43 heavy (non-hydrogen) atoms. The van der Waals surface area contributed by atoms with E-state index in [1.807, 2.05) is 24.4 Å². The van der Waals surface area contributed by atoms with Gasteiger partial charge in [0.25, 0.3) is 11.5 Å². The van der Waals surface area contributed by atoms with E-state index in [2.05, 4.69) is 20.4 Å². The van der Waals surface area contributed by atoms with Gasteiger partial charge in [-0.15, -0.1) is 0 Å². The number of aromatic nitrogens is 5. The molecule has 14 heteroatoms.